The van der Waals surface area contributed by atoms with E-state index < -0.39 is 0 Å². The Morgan fingerprint density at radius 1 is 1.38 bits per heavy atom. The molecule has 8 heteroatoms. The van der Waals surface area contributed by atoms with Crippen LogP contribution in [0.5, 0.6) is 5.75 Å². The molecule has 0 saturated heterocycles. The second-order valence-electron chi connectivity index (χ2n) is 4.65. The molecule has 0 atom stereocenters. The first kappa shape index (κ1) is 14.1. The Labute approximate surface area is 133 Å². The van der Waals surface area contributed by atoms with Gasteiger partial charge >= 0.3 is 0 Å². The van der Waals surface area contributed by atoms with Gasteiger partial charge in [-0.1, -0.05) is 11.6 Å². The largest absolute Gasteiger partial charge is 0.507 e. The monoisotopic (exact) mass is 368 g/mol. The van der Waals surface area contributed by atoms with Crippen LogP contribution in [-0.4, -0.2) is 26.4 Å². The first-order chi connectivity index (χ1) is 9.99. The van der Waals surface area contributed by atoms with Gasteiger partial charge in [0.25, 0.3) is 0 Å². The number of anilines is 1. The zero-order chi connectivity index (χ0) is 15.1. The van der Waals surface area contributed by atoms with Crippen molar-refractivity contribution in [2.24, 2.45) is 0 Å². The van der Waals surface area contributed by atoms with Crippen LogP contribution in [0.1, 0.15) is 11.3 Å². The molecule has 3 N–H and O–H groups in total. The summed E-state index contributed by atoms with van der Waals surface area (Å²) in [6, 6.07) is 3.10. The molecule has 0 bridgehead atoms. The van der Waals surface area contributed by atoms with Gasteiger partial charge in [-0.15, -0.1) is 0 Å². The lowest BCUT2D eigenvalue weighted by Crippen LogP contribution is -2.12. The highest BCUT2D eigenvalue weighted by Crippen LogP contribution is 2.39. The maximum absolute atomic E-state index is 10.9. The zero-order valence-electron chi connectivity index (χ0n) is 10.7. The van der Waals surface area contributed by atoms with Crippen LogP contribution in [0.2, 0.25) is 5.02 Å². The number of hydrogen-bond acceptors (Lipinski definition) is 5. The molecule has 108 valence electrons. The van der Waals surface area contributed by atoms with Crippen LogP contribution in [0, 0.1) is 0 Å². The van der Waals surface area contributed by atoms with Gasteiger partial charge in [-0.2, -0.15) is 0 Å². The molecule has 6 nitrogen and oxygen atoms in total. The first-order valence-corrected chi connectivity index (χ1v) is 7.19. The quantitative estimate of drug-likeness (QED) is 0.793. The van der Waals surface area contributed by atoms with E-state index in [1.807, 2.05) is 0 Å². The molecular weight excluding hydrogens is 360 g/mol. The van der Waals surface area contributed by atoms with Crippen LogP contribution in [0.4, 0.5) is 5.95 Å². The van der Waals surface area contributed by atoms with Crippen molar-refractivity contribution in [3.05, 3.63) is 32.9 Å². The topological polar surface area (TPSA) is 92.3 Å². The lowest BCUT2D eigenvalue weighted by molar-refractivity contribution is -0.118. The summed E-state index contributed by atoms with van der Waals surface area (Å²) in [5, 5.41) is 10.3. The summed E-state index contributed by atoms with van der Waals surface area (Å²) in [6.45, 7) is 0.778. The molecule has 2 heterocycles. The van der Waals surface area contributed by atoms with Crippen molar-refractivity contribution in [3.63, 3.8) is 0 Å². The molecule has 1 aliphatic heterocycles. The summed E-state index contributed by atoms with van der Waals surface area (Å²) in [7, 11) is 0. The van der Waals surface area contributed by atoms with E-state index in [2.05, 4.69) is 25.9 Å². The summed E-state index contributed by atoms with van der Waals surface area (Å²) in [5.41, 5.74) is 8.31. The van der Waals surface area contributed by atoms with Crippen molar-refractivity contribution in [2.45, 2.75) is 13.1 Å². The Morgan fingerprint density at radius 3 is 2.86 bits per heavy atom. The Bertz CT molecular complexity index is 753. The number of aromatic hydroxyl groups is 1. The third-order valence-corrected chi connectivity index (χ3v) is 4.21. The first-order valence-electron chi connectivity index (χ1n) is 6.02. The molecule has 1 aliphatic rings. The molecule has 3 rings (SSSR count). The number of carbonyl (C=O) groups excluding carboxylic acids is 1. The Hall–Kier alpha value is -1.86. The molecule has 0 unspecified atom stereocenters. The van der Waals surface area contributed by atoms with Gasteiger partial charge in [0.05, 0.1) is 27.4 Å². The molecule has 2 aromatic rings. The highest BCUT2D eigenvalue weighted by Gasteiger charge is 2.25. The normalized spacial score (nSPS) is 13.3. The molecular formula is C13H10BrClN4O2. The van der Waals surface area contributed by atoms with E-state index >= 15 is 0 Å². The smallest absolute Gasteiger partial charge is 0.220 e. The molecule has 1 aromatic carbocycles. The highest BCUT2D eigenvalue weighted by molar-refractivity contribution is 9.10. The van der Waals surface area contributed by atoms with Crippen molar-refractivity contribution in [2.75, 3.05) is 5.73 Å². The number of rotatable bonds is 2. The van der Waals surface area contributed by atoms with Gasteiger partial charge in [-0.3, -0.25) is 4.79 Å². The van der Waals surface area contributed by atoms with E-state index in [0.29, 0.717) is 39.5 Å². The van der Waals surface area contributed by atoms with E-state index in [-0.39, 0.29) is 11.7 Å². The number of phenolic OH excluding ortho intramolecular Hbond substituents is 1. The molecule has 1 aromatic heterocycles. The second kappa shape index (κ2) is 5.16. The number of halogens is 2. The van der Waals surface area contributed by atoms with Crippen LogP contribution in [0.25, 0.3) is 11.3 Å². The van der Waals surface area contributed by atoms with Crippen LogP contribution >= 0.6 is 27.5 Å². The van der Waals surface area contributed by atoms with Crippen LogP contribution in [0.15, 0.2) is 16.6 Å². The van der Waals surface area contributed by atoms with Gasteiger partial charge in [0.1, 0.15) is 5.75 Å². The lowest BCUT2D eigenvalue weighted by atomic mass is 10.1. The van der Waals surface area contributed by atoms with Gasteiger partial charge in [0, 0.05) is 17.7 Å². The zero-order valence-corrected chi connectivity index (χ0v) is 13.0. The predicted octanol–water partition coefficient (Wildman–Crippen LogP) is 2.32. The fourth-order valence-electron chi connectivity index (χ4n) is 2.31. The number of fused-ring (bicyclic) bond motifs is 1. The van der Waals surface area contributed by atoms with Gasteiger partial charge in [-0.25, -0.2) is 9.97 Å². The SMILES string of the molecule is Nc1nc2c(c(-c3cc(O)c(Br)cc3Cl)n1)CN(C=O)C2. The third-order valence-electron chi connectivity index (χ3n) is 3.26. The lowest BCUT2D eigenvalue weighted by Gasteiger charge is -2.11. The van der Waals surface area contributed by atoms with E-state index in [1.54, 1.807) is 11.0 Å². The number of benzene rings is 1. The number of hydrogen-bond donors (Lipinski definition) is 2. The number of aromatic nitrogens is 2. The van der Waals surface area contributed by atoms with E-state index in [1.165, 1.54) is 6.07 Å². The number of carbonyl (C=O) groups is 1. The molecule has 0 radical (unpaired) electrons. The molecule has 0 spiro atoms. The molecule has 1 amide bonds. The van der Waals surface area contributed by atoms with Crippen molar-refractivity contribution >= 4 is 39.9 Å². The average molecular weight is 370 g/mol. The van der Waals surface area contributed by atoms with Gasteiger partial charge in [-0.05, 0) is 28.1 Å². The van der Waals surface area contributed by atoms with Crippen LogP contribution in [-0.2, 0) is 17.9 Å². The second-order valence-corrected chi connectivity index (χ2v) is 5.91. The third kappa shape index (κ3) is 2.43. The van der Waals surface area contributed by atoms with Crippen LogP contribution in [0.3, 0.4) is 0 Å². The van der Waals surface area contributed by atoms with E-state index in [9.17, 15) is 9.90 Å². The van der Waals surface area contributed by atoms with Gasteiger partial charge in [0.2, 0.25) is 12.4 Å². The van der Waals surface area contributed by atoms with Crippen molar-refractivity contribution in [1.29, 1.82) is 0 Å². The van der Waals surface area contributed by atoms with E-state index in [4.69, 9.17) is 17.3 Å². The summed E-state index contributed by atoms with van der Waals surface area (Å²) in [6.07, 6.45) is 0.752. The minimum atomic E-state index is 0.0468. The Balaban J connectivity index is 2.21. The standard InChI is InChI=1S/C13H10BrClN4O2/c14-8-2-9(15)6(1-11(8)21)12-7-3-19(5-20)4-10(7)17-13(16)18-12/h1-2,5,21H,3-4H2,(H2,16,17,18). The summed E-state index contributed by atoms with van der Waals surface area (Å²) in [5.74, 6) is 0.153. The Morgan fingerprint density at radius 2 is 2.14 bits per heavy atom. The van der Waals surface area contributed by atoms with E-state index in [0.717, 1.165) is 12.0 Å². The fourth-order valence-corrected chi connectivity index (χ4v) is 3.04. The Kier molecular flexibility index (Phi) is 3.46. The van der Waals surface area contributed by atoms with Gasteiger partial charge < -0.3 is 15.7 Å². The van der Waals surface area contributed by atoms with Crippen molar-refractivity contribution < 1.29 is 9.90 Å². The number of amides is 1. The minimum Gasteiger partial charge on any atom is -0.507 e. The van der Waals surface area contributed by atoms with Crippen LogP contribution < -0.4 is 5.73 Å². The van der Waals surface area contributed by atoms with Gasteiger partial charge in [0.15, 0.2) is 0 Å². The fraction of sp³-hybridized carbons (Fsp3) is 0.154. The minimum absolute atomic E-state index is 0.0468. The molecule has 0 aliphatic carbocycles. The number of phenols is 1. The number of nitrogens with two attached hydrogens (primary N) is 1. The predicted molar refractivity (Wildman–Crippen MR) is 81.6 cm³/mol. The van der Waals surface area contributed by atoms with Crippen molar-refractivity contribution in [3.8, 4) is 17.0 Å². The highest BCUT2D eigenvalue weighted by atomic mass is 79.9. The number of nitrogen functional groups attached to an aromatic ring is 1. The van der Waals surface area contributed by atoms with Crippen molar-refractivity contribution in [1.82, 2.24) is 14.9 Å². The molecule has 0 saturated carbocycles. The maximum atomic E-state index is 10.9. The number of nitrogens with zero attached hydrogens (tertiary/aromatic N) is 3. The summed E-state index contributed by atoms with van der Waals surface area (Å²) >= 11 is 9.44. The summed E-state index contributed by atoms with van der Waals surface area (Å²) in [4.78, 5) is 20.9. The summed E-state index contributed by atoms with van der Waals surface area (Å²) < 4.78 is 0.490. The molecule has 0 fully saturated rings. The molecule has 21 heavy (non-hydrogen) atoms. The maximum Gasteiger partial charge on any atom is 0.220 e. The average Bonchev–Trinajstić information content (AvgIpc) is 2.85.